The largest absolute Gasteiger partial charge is 0.328 e. The number of nitrogens with two attached hydrogens (primary N) is 1. The number of aromatic nitrogens is 2. The van der Waals surface area contributed by atoms with Gasteiger partial charge in [0.2, 0.25) is 0 Å². The van der Waals surface area contributed by atoms with Crippen LogP contribution in [0, 0.1) is 0 Å². The molecule has 1 atom stereocenters. The average Bonchev–Trinajstić information content (AvgIpc) is 2.48. The Bertz CT molecular complexity index is 448. The molecular weight excluding hydrogens is 242 g/mol. The van der Waals surface area contributed by atoms with Crippen molar-refractivity contribution < 1.29 is 0 Å². The number of nitrogens with zero attached hydrogens (tertiary/aromatic N) is 2. The molecule has 0 aliphatic heterocycles. The number of hydrogen-bond acceptors (Lipinski definition) is 2. The van der Waals surface area contributed by atoms with Crippen molar-refractivity contribution in [1.82, 2.24) is 9.38 Å². The second-order valence-corrected chi connectivity index (χ2v) is 4.29. The van der Waals surface area contributed by atoms with Crippen LogP contribution < -0.4 is 5.73 Å². The highest BCUT2D eigenvalue weighted by Crippen LogP contribution is 2.16. The molecule has 1 unspecified atom stereocenters. The normalized spacial score (nSPS) is 13.4. The fourth-order valence-corrected chi connectivity index (χ4v) is 2.07. The molecule has 3 nitrogen and oxygen atoms in total. The molecule has 0 spiro atoms. The quantitative estimate of drug-likeness (QED) is 0.890. The zero-order valence-corrected chi connectivity index (χ0v) is 9.53. The summed E-state index contributed by atoms with van der Waals surface area (Å²) in [5.41, 5.74) is 7.92. The lowest BCUT2D eigenvalue weighted by Crippen LogP contribution is -2.19. The summed E-state index contributed by atoms with van der Waals surface area (Å²) in [5.74, 6) is 0. The first-order valence-corrected chi connectivity index (χ1v) is 5.34. The summed E-state index contributed by atoms with van der Waals surface area (Å²) in [6.07, 6.45) is 2.66. The predicted molar refractivity (Wildman–Crippen MR) is 60.2 cm³/mol. The van der Waals surface area contributed by atoms with E-state index in [1.807, 2.05) is 19.1 Å². The highest BCUT2D eigenvalue weighted by Gasteiger charge is 2.06. The molecule has 0 aromatic carbocycles. The molecule has 14 heavy (non-hydrogen) atoms. The minimum absolute atomic E-state index is 0.162. The maximum Gasteiger partial charge on any atom is 0.137 e. The van der Waals surface area contributed by atoms with Crippen LogP contribution in [0.25, 0.3) is 5.65 Å². The third-order valence-electron chi connectivity index (χ3n) is 2.10. The fraction of sp³-hybridized carbons (Fsp3) is 0.300. The van der Waals surface area contributed by atoms with Crippen molar-refractivity contribution in [2.75, 3.05) is 0 Å². The third kappa shape index (κ3) is 1.67. The Labute approximate surface area is 91.1 Å². The highest BCUT2D eigenvalue weighted by molar-refractivity contribution is 9.10. The first-order chi connectivity index (χ1) is 6.68. The van der Waals surface area contributed by atoms with Crippen LogP contribution in [-0.4, -0.2) is 15.4 Å². The third-order valence-corrected chi connectivity index (χ3v) is 2.66. The van der Waals surface area contributed by atoms with E-state index < -0.39 is 0 Å². The van der Waals surface area contributed by atoms with Crippen molar-refractivity contribution in [1.29, 1.82) is 0 Å². The van der Waals surface area contributed by atoms with Crippen molar-refractivity contribution in [2.24, 2.45) is 5.73 Å². The topological polar surface area (TPSA) is 43.3 Å². The molecule has 2 N–H and O–H groups in total. The van der Waals surface area contributed by atoms with E-state index in [9.17, 15) is 0 Å². The first-order valence-electron chi connectivity index (χ1n) is 4.55. The monoisotopic (exact) mass is 253 g/mol. The molecule has 0 saturated carbocycles. The number of halogens is 1. The Morgan fingerprint density at radius 3 is 3.07 bits per heavy atom. The summed E-state index contributed by atoms with van der Waals surface area (Å²) in [6.45, 7) is 2.00. The number of pyridine rings is 1. The maximum atomic E-state index is 5.79. The van der Waals surface area contributed by atoms with Crippen LogP contribution in [0.4, 0.5) is 0 Å². The number of fused-ring (bicyclic) bond motifs is 1. The van der Waals surface area contributed by atoms with Crippen LogP contribution in [0.1, 0.15) is 12.6 Å². The van der Waals surface area contributed by atoms with E-state index in [-0.39, 0.29) is 6.04 Å². The van der Waals surface area contributed by atoms with Crippen molar-refractivity contribution in [3.05, 3.63) is 34.7 Å². The lowest BCUT2D eigenvalue weighted by Gasteiger charge is -2.08. The van der Waals surface area contributed by atoms with Crippen LogP contribution in [0.5, 0.6) is 0 Å². The van der Waals surface area contributed by atoms with E-state index in [0.29, 0.717) is 0 Å². The molecule has 0 amide bonds. The second-order valence-electron chi connectivity index (χ2n) is 3.47. The van der Waals surface area contributed by atoms with E-state index in [1.165, 1.54) is 5.69 Å². The van der Waals surface area contributed by atoms with Crippen LogP contribution in [0.2, 0.25) is 0 Å². The van der Waals surface area contributed by atoms with Gasteiger partial charge in [-0.1, -0.05) is 6.07 Å². The van der Waals surface area contributed by atoms with Gasteiger partial charge in [-0.2, -0.15) is 0 Å². The van der Waals surface area contributed by atoms with Gasteiger partial charge in [-0.25, -0.2) is 4.98 Å². The van der Waals surface area contributed by atoms with Crippen LogP contribution in [-0.2, 0) is 6.42 Å². The van der Waals surface area contributed by atoms with Crippen molar-refractivity contribution >= 4 is 21.6 Å². The van der Waals surface area contributed by atoms with Crippen LogP contribution >= 0.6 is 15.9 Å². The van der Waals surface area contributed by atoms with E-state index >= 15 is 0 Å². The molecule has 0 aliphatic carbocycles. The zero-order valence-electron chi connectivity index (χ0n) is 7.94. The first kappa shape index (κ1) is 9.68. The summed E-state index contributed by atoms with van der Waals surface area (Å²) in [4.78, 5) is 4.26. The second kappa shape index (κ2) is 3.71. The fourth-order valence-electron chi connectivity index (χ4n) is 1.56. The molecular formula is C10H12BrN3. The minimum atomic E-state index is 0.162. The molecule has 4 heteroatoms. The molecule has 74 valence electrons. The SMILES string of the molecule is CC(N)Cc1cccc2ncc(Br)n12. The van der Waals surface area contributed by atoms with Gasteiger partial charge in [0.05, 0.1) is 6.20 Å². The Kier molecular flexibility index (Phi) is 2.56. The highest BCUT2D eigenvalue weighted by atomic mass is 79.9. The Morgan fingerprint density at radius 1 is 1.57 bits per heavy atom. The summed E-state index contributed by atoms with van der Waals surface area (Å²) in [6, 6.07) is 6.22. The van der Waals surface area contributed by atoms with Crippen LogP contribution in [0.3, 0.4) is 0 Å². The van der Waals surface area contributed by atoms with Gasteiger partial charge < -0.3 is 5.73 Å². The Morgan fingerprint density at radius 2 is 2.36 bits per heavy atom. The maximum absolute atomic E-state index is 5.79. The Balaban J connectivity index is 2.57. The average molecular weight is 254 g/mol. The van der Waals surface area contributed by atoms with Crippen molar-refractivity contribution in [2.45, 2.75) is 19.4 Å². The zero-order chi connectivity index (χ0) is 10.1. The van der Waals surface area contributed by atoms with Gasteiger partial charge in [0.25, 0.3) is 0 Å². The molecule has 2 aromatic rings. The number of hydrogen-bond donors (Lipinski definition) is 1. The Hall–Kier alpha value is -0.870. The van der Waals surface area contributed by atoms with Gasteiger partial charge >= 0.3 is 0 Å². The van der Waals surface area contributed by atoms with Gasteiger partial charge in [0.15, 0.2) is 0 Å². The smallest absolute Gasteiger partial charge is 0.137 e. The van der Waals surface area contributed by atoms with Gasteiger partial charge in [-0.15, -0.1) is 0 Å². The molecule has 0 aliphatic rings. The molecule has 2 aromatic heterocycles. The van der Waals surface area contributed by atoms with E-state index in [1.54, 1.807) is 6.20 Å². The predicted octanol–water partition coefficient (Wildman–Crippen LogP) is 1.99. The van der Waals surface area contributed by atoms with E-state index in [2.05, 4.69) is 31.4 Å². The van der Waals surface area contributed by atoms with Gasteiger partial charge in [0.1, 0.15) is 10.3 Å². The minimum Gasteiger partial charge on any atom is -0.328 e. The lowest BCUT2D eigenvalue weighted by atomic mass is 10.2. The van der Waals surface area contributed by atoms with E-state index in [0.717, 1.165) is 16.7 Å². The van der Waals surface area contributed by atoms with Crippen molar-refractivity contribution in [3.63, 3.8) is 0 Å². The standard InChI is InChI=1S/C10H12BrN3/c1-7(12)5-8-3-2-4-10-13-6-9(11)14(8)10/h2-4,6-7H,5,12H2,1H3. The molecule has 2 heterocycles. The summed E-state index contributed by atoms with van der Waals surface area (Å²) in [5, 5.41) is 0. The summed E-state index contributed by atoms with van der Waals surface area (Å²) < 4.78 is 3.05. The van der Waals surface area contributed by atoms with Gasteiger partial charge in [0, 0.05) is 18.2 Å². The molecule has 0 saturated heterocycles. The molecule has 2 rings (SSSR count). The van der Waals surface area contributed by atoms with Gasteiger partial charge in [-0.3, -0.25) is 4.40 Å². The lowest BCUT2D eigenvalue weighted by molar-refractivity contribution is 0.712. The molecule has 0 fully saturated rings. The van der Waals surface area contributed by atoms with E-state index in [4.69, 9.17) is 5.73 Å². The van der Waals surface area contributed by atoms with Crippen LogP contribution in [0.15, 0.2) is 29.0 Å². The van der Waals surface area contributed by atoms with Crippen molar-refractivity contribution in [3.8, 4) is 0 Å². The number of imidazole rings is 1. The molecule has 0 radical (unpaired) electrons. The van der Waals surface area contributed by atoms with Gasteiger partial charge in [-0.05, 0) is 35.0 Å². The summed E-state index contributed by atoms with van der Waals surface area (Å²) >= 11 is 3.47. The summed E-state index contributed by atoms with van der Waals surface area (Å²) in [7, 11) is 0. The molecule has 0 bridgehead atoms. The number of rotatable bonds is 2.